The zero-order valence-corrected chi connectivity index (χ0v) is 17.8. The van der Waals surface area contributed by atoms with Crippen LogP contribution in [0.5, 0.6) is 0 Å². The molecule has 2 atom stereocenters. The molecule has 0 rings (SSSR count). The number of rotatable bonds is 18. The summed E-state index contributed by atoms with van der Waals surface area (Å²) >= 11 is 0. The van der Waals surface area contributed by atoms with Gasteiger partial charge in [0, 0.05) is 19.5 Å². The monoisotopic (exact) mass is 408 g/mol. The van der Waals surface area contributed by atoms with Crippen LogP contribution in [0.15, 0.2) is 0 Å². The van der Waals surface area contributed by atoms with Gasteiger partial charge in [0.05, 0.1) is 6.61 Å². The highest BCUT2D eigenvalue weighted by molar-refractivity contribution is 7.51. The second-order valence-corrected chi connectivity index (χ2v) is 8.91. The SMILES string of the molecule is CCC(COP(C)(=O)O)OC(=O)CCCCCCCCCCCCC(=O)O. The van der Waals surface area contributed by atoms with Gasteiger partial charge in [-0.2, -0.15) is 0 Å². The summed E-state index contributed by atoms with van der Waals surface area (Å²) in [7, 11) is -3.54. The lowest BCUT2D eigenvalue weighted by molar-refractivity contribution is -0.151. The standard InChI is InChI=1S/C19H37O7P/c1-3-17(16-25-27(2,23)24)26-19(22)15-13-11-9-7-5-4-6-8-10-12-14-18(20)21/h17H,3-16H2,1-2H3,(H,20,21)(H,23,24). The van der Waals surface area contributed by atoms with Gasteiger partial charge in [-0.25, -0.2) is 0 Å². The third kappa shape index (κ3) is 19.7. The van der Waals surface area contributed by atoms with Crippen LogP contribution in [-0.4, -0.2) is 41.3 Å². The van der Waals surface area contributed by atoms with Gasteiger partial charge in [-0.3, -0.25) is 14.2 Å². The number of hydrogen-bond donors (Lipinski definition) is 2. The highest BCUT2D eigenvalue weighted by atomic mass is 31.2. The Morgan fingerprint density at radius 2 is 1.33 bits per heavy atom. The van der Waals surface area contributed by atoms with Crippen molar-refractivity contribution in [3.05, 3.63) is 0 Å². The van der Waals surface area contributed by atoms with Crippen LogP contribution in [0, 0.1) is 0 Å². The van der Waals surface area contributed by atoms with Crippen molar-refractivity contribution in [1.82, 2.24) is 0 Å². The van der Waals surface area contributed by atoms with Gasteiger partial charge in [-0.1, -0.05) is 58.3 Å². The zero-order chi connectivity index (χ0) is 20.5. The quantitative estimate of drug-likeness (QED) is 0.188. The van der Waals surface area contributed by atoms with E-state index in [2.05, 4.69) is 0 Å². The van der Waals surface area contributed by atoms with E-state index < -0.39 is 19.7 Å². The Morgan fingerprint density at radius 1 is 0.889 bits per heavy atom. The smallest absolute Gasteiger partial charge is 0.325 e. The molecule has 2 N–H and O–H groups in total. The summed E-state index contributed by atoms with van der Waals surface area (Å²) in [5, 5.41) is 8.55. The predicted molar refractivity (Wildman–Crippen MR) is 105 cm³/mol. The molecule has 0 saturated heterocycles. The van der Waals surface area contributed by atoms with Gasteiger partial charge in [0.2, 0.25) is 0 Å². The lowest BCUT2D eigenvalue weighted by Crippen LogP contribution is -2.22. The van der Waals surface area contributed by atoms with E-state index in [0.29, 0.717) is 12.8 Å². The van der Waals surface area contributed by atoms with Gasteiger partial charge in [0.15, 0.2) is 0 Å². The van der Waals surface area contributed by atoms with Crippen molar-refractivity contribution < 1.29 is 33.4 Å². The molecule has 2 unspecified atom stereocenters. The summed E-state index contributed by atoms with van der Waals surface area (Å²) in [5.74, 6) is -0.995. The molecule has 0 saturated carbocycles. The topological polar surface area (TPSA) is 110 Å². The second-order valence-electron chi connectivity index (χ2n) is 7.05. The van der Waals surface area contributed by atoms with E-state index in [1.165, 1.54) is 12.8 Å². The third-order valence-corrected chi connectivity index (χ3v) is 4.90. The van der Waals surface area contributed by atoms with Gasteiger partial charge >= 0.3 is 19.5 Å². The summed E-state index contributed by atoms with van der Waals surface area (Å²) in [5.41, 5.74) is 0. The molecule has 0 aromatic rings. The first kappa shape index (κ1) is 26.1. The van der Waals surface area contributed by atoms with Crippen LogP contribution >= 0.6 is 7.60 Å². The van der Waals surface area contributed by atoms with Crippen molar-refractivity contribution in [2.75, 3.05) is 13.3 Å². The van der Waals surface area contributed by atoms with Crippen molar-refractivity contribution in [1.29, 1.82) is 0 Å². The predicted octanol–water partition coefficient (Wildman–Crippen LogP) is 4.91. The Kier molecular flexibility index (Phi) is 15.5. The number of unbranched alkanes of at least 4 members (excludes halogenated alkanes) is 9. The Morgan fingerprint density at radius 3 is 1.74 bits per heavy atom. The molecular weight excluding hydrogens is 371 g/mol. The molecule has 27 heavy (non-hydrogen) atoms. The molecule has 0 fully saturated rings. The van der Waals surface area contributed by atoms with Crippen LogP contribution in [0.25, 0.3) is 0 Å². The number of carbonyl (C=O) groups excluding carboxylic acids is 1. The third-order valence-electron chi connectivity index (χ3n) is 4.27. The maximum atomic E-state index is 11.8. The molecule has 160 valence electrons. The van der Waals surface area contributed by atoms with E-state index in [9.17, 15) is 14.2 Å². The minimum Gasteiger partial charge on any atom is -0.481 e. The second kappa shape index (κ2) is 16.1. The molecular formula is C19H37O7P. The number of carboxylic acid groups (broad SMARTS) is 1. The van der Waals surface area contributed by atoms with Crippen molar-refractivity contribution in [2.24, 2.45) is 0 Å². The summed E-state index contributed by atoms with van der Waals surface area (Å²) in [6.07, 6.45) is 11.1. The fourth-order valence-corrected chi connectivity index (χ4v) is 3.10. The molecule has 0 bridgehead atoms. The van der Waals surface area contributed by atoms with Crippen molar-refractivity contribution >= 4 is 19.5 Å². The first-order chi connectivity index (χ1) is 12.7. The summed E-state index contributed by atoms with van der Waals surface area (Å²) in [6.45, 7) is 2.90. The molecule has 0 amide bonds. The molecule has 0 spiro atoms. The number of aliphatic carboxylic acids is 1. The van der Waals surface area contributed by atoms with Crippen LogP contribution < -0.4 is 0 Å². The van der Waals surface area contributed by atoms with Crippen LogP contribution in [0.2, 0.25) is 0 Å². The number of esters is 1. The van der Waals surface area contributed by atoms with Crippen LogP contribution in [-0.2, 0) is 23.4 Å². The van der Waals surface area contributed by atoms with E-state index >= 15 is 0 Å². The Hall–Kier alpha value is -0.910. The van der Waals surface area contributed by atoms with E-state index in [1.54, 1.807) is 0 Å². The minimum absolute atomic E-state index is 0.0528. The number of carbonyl (C=O) groups is 2. The van der Waals surface area contributed by atoms with E-state index in [0.717, 1.165) is 58.0 Å². The van der Waals surface area contributed by atoms with E-state index in [1.807, 2.05) is 6.92 Å². The zero-order valence-electron chi connectivity index (χ0n) is 16.9. The molecule has 0 aliphatic carbocycles. The Bertz CT molecular complexity index is 447. The lowest BCUT2D eigenvalue weighted by Gasteiger charge is -2.17. The molecule has 8 heteroatoms. The molecule has 7 nitrogen and oxygen atoms in total. The average molecular weight is 408 g/mol. The summed E-state index contributed by atoms with van der Waals surface area (Å²) in [6, 6.07) is 0. The molecule has 0 heterocycles. The normalized spacial score (nSPS) is 14.5. The van der Waals surface area contributed by atoms with E-state index in [-0.39, 0.29) is 19.0 Å². The molecule has 0 aliphatic rings. The van der Waals surface area contributed by atoms with Crippen LogP contribution in [0.1, 0.15) is 90.4 Å². The first-order valence-electron chi connectivity index (χ1n) is 10.1. The first-order valence-corrected chi connectivity index (χ1v) is 12.1. The van der Waals surface area contributed by atoms with Gasteiger partial charge in [0.1, 0.15) is 6.10 Å². The van der Waals surface area contributed by atoms with Crippen molar-refractivity contribution in [3.8, 4) is 0 Å². The number of carboxylic acids is 1. The molecule has 0 radical (unpaired) electrons. The Labute approximate surface area is 163 Å². The highest BCUT2D eigenvalue weighted by Crippen LogP contribution is 2.36. The number of hydrogen-bond acceptors (Lipinski definition) is 5. The summed E-state index contributed by atoms with van der Waals surface area (Å²) < 4.78 is 21.2. The van der Waals surface area contributed by atoms with E-state index in [4.69, 9.17) is 19.3 Å². The number of ether oxygens (including phenoxy) is 1. The molecule has 0 aromatic heterocycles. The van der Waals surface area contributed by atoms with Gasteiger partial charge in [-0.15, -0.1) is 0 Å². The van der Waals surface area contributed by atoms with Gasteiger partial charge < -0.3 is 19.3 Å². The fraction of sp³-hybridized carbons (Fsp3) is 0.895. The maximum Gasteiger partial charge on any atom is 0.325 e. The molecule has 0 aliphatic heterocycles. The van der Waals surface area contributed by atoms with Crippen LogP contribution in [0.4, 0.5) is 0 Å². The van der Waals surface area contributed by atoms with Gasteiger partial charge in [-0.05, 0) is 19.3 Å². The minimum atomic E-state index is -3.54. The van der Waals surface area contributed by atoms with Gasteiger partial charge in [0.25, 0.3) is 0 Å². The largest absolute Gasteiger partial charge is 0.481 e. The lowest BCUT2D eigenvalue weighted by atomic mass is 10.1. The maximum absolute atomic E-state index is 11.8. The van der Waals surface area contributed by atoms with Crippen molar-refractivity contribution in [2.45, 2.75) is 96.5 Å². The molecule has 0 aromatic carbocycles. The van der Waals surface area contributed by atoms with Crippen LogP contribution in [0.3, 0.4) is 0 Å². The fourth-order valence-electron chi connectivity index (χ4n) is 2.66. The summed E-state index contributed by atoms with van der Waals surface area (Å²) in [4.78, 5) is 31.3. The highest BCUT2D eigenvalue weighted by Gasteiger charge is 2.17. The van der Waals surface area contributed by atoms with Crippen molar-refractivity contribution in [3.63, 3.8) is 0 Å². The average Bonchev–Trinajstić information content (AvgIpc) is 2.58. The Balaban J connectivity index is 3.49.